The van der Waals surface area contributed by atoms with Gasteiger partial charge >= 0.3 is 0 Å². The van der Waals surface area contributed by atoms with Gasteiger partial charge in [-0.15, -0.1) is 0 Å². The van der Waals surface area contributed by atoms with E-state index in [0.29, 0.717) is 5.92 Å². The van der Waals surface area contributed by atoms with Crippen LogP contribution in [0.4, 0.5) is 0 Å². The molecule has 0 bridgehead atoms. The summed E-state index contributed by atoms with van der Waals surface area (Å²) in [4.78, 5) is 11.4. The van der Waals surface area contributed by atoms with Crippen molar-refractivity contribution in [2.75, 3.05) is 0 Å². The van der Waals surface area contributed by atoms with Crippen LogP contribution in [0.1, 0.15) is 46.5 Å². The summed E-state index contributed by atoms with van der Waals surface area (Å²) in [6.45, 7) is 5.65. The lowest BCUT2D eigenvalue weighted by Crippen LogP contribution is -2.36. The molecular formula is C11H20O2. The molecule has 0 amide bonds. The summed E-state index contributed by atoms with van der Waals surface area (Å²) in [7, 11) is 0. The molecule has 0 saturated heterocycles. The third kappa shape index (κ3) is 2.31. The van der Waals surface area contributed by atoms with E-state index in [4.69, 9.17) is 0 Å². The van der Waals surface area contributed by atoms with E-state index in [0.717, 1.165) is 25.7 Å². The van der Waals surface area contributed by atoms with Gasteiger partial charge in [0.05, 0.1) is 6.10 Å². The fraction of sp³-hybridized carbons (Fsp3) is 0.909. The lowest BCUT2D eigenvalue weighted by molar-refractivity contribution is -0.129. The first-order chi connectivity index (χ1) is 5.94. The number of carbonyl (C=O) groups excluding carboxylic acids is 1. The van der Waals surface area contributed by atoms with Gasteiger partial charge in [0, 0.05) is 5.41 Å². The highest BCUT2D eigenvalue weighted by atomic mass is 16.3. The summed E-state index contributed by atoms with van der Waals surface area (Å²) in [5, 5.41) is 9.51. The maximum Gasteiger partial charge on any atom is 0.135 e. The number of hydrogen-bond acceptors (Lipinski definition) is 2. The molecule has 0 aromatic carbocycles. The Morgan fingerprint density at radius 3 is 2.46 bits per heavy atom. The van der Waals surface area contributed by atoms with Gasteiger partial charge in [-0.2, -0.15) is 0 Å². The van der Waals surface area contributed by atoms with Crippen molar-refractivity contribution in [2.24, 2.45) is 11.3 Å². The summed E-state index contributed by atoms with van der Waals surface area (Å²) >= 11 is 0. The average Bonchev–Trinajstić information content (AvgIpc) is 2.04. The maximum absolute atomic E-state index is 11.4. The highest BCUT2D eigenvalue weighted by Gasteiger charge is 2.36. The van der Waals surface area contributed by atoms with Crippen LogP contribution in [0.3, 0.4) is 0 Å². The minimum atomic E-state index is -0.249. The SMILES string of the molecule is CC(=O)C(C)(C)[C@@H]1CCC[C@H](O)C1. The minimum Gasteiger partial charge on any atom is -0.393 e. The summed E-state index contributed by atoms with van der Waals surface area (Å²) in [5.74, 6) is 0.611. The Hall–Kier alpha value is -0.370. The van der Waals surface area contributed by atoms with Crippen LogP contribution in [0.5, 0.6) is 0 Å². The molecule has 76 valence electrons. The van der Waals surface area contributed by atoms with Crippen LogP contribution >= 0.6 is 0 Å². The quantitative estimate of drug-likeness (QED) is 0.714. The number of aliphatic hydroxyl groups is 1. The van der Waals surface area contributed by atoms with Crippen LogP contribution in [0, 0.1) is 11.3 Å². The Kier molecular flexibility index (Phi) is 3.12. The van der Waals surface area contributed by atoms with Crippen molar-refractivity contribution >= 4 is 5.78 Å². The topological polar surface area (TPSA) is 37.3 Å². The van der Waals surface area contributed by atoms with Crippen molar-refractivity contribution in [3.8, 4) is 0 Å². The Morgan fingerprint density at radius 2 is 2.00 bits per heavy atom. The monoisotopic (exact) mass is 184 g/mol. The predicted octanol–water partition coefficient (Wildman–Crippen LogP) is 2.15. The fourth-order valence-electron chi connectivity index (χ4n) is 2.11. The lowest BCUT2D eigenvalue weighted by atomic mass is 9.68. The molecule has 1 rings (SSSR count). The summed E-state index contributed by atoms with van der Waals surface area (Å²) in [6, 6.07) is 0. The van der Waals surface area contributed by atoms with Crippen LogP contribution in [0.25, 0.3) is 0 Å². The van der Waals surface area contributed by atoms with Gasteiger partial charge in [-0.1, -0.05) is 20.3 Å². The van der Waals surface area contributed by atoms with Crippen molar-refractivity contribution in [1.29, 1.82) is 0 Å². The molecule has 2 heteroatoms. The van der Waals surface area contributed by atoms with E-state index in [1.54, 1.807) is 6.92 Å². The van der Waals surface area contributed by atoms with E-state index in [-0.39, 0.29) is 17.3 Å². The molecule has 0 aliphatic heterocycles. The standard InChI is InChI=1S/C11H20O2/c1-8(12)11(2,3)9-5-4-6-10(13)7-9/h9-10,13H,4-7H2,1-3H3/t9-,10+/m1/s1. The predicted molar refractivity (Wildman–Crippen MR) is 52.4 cm³/mol. The first-order valence-electron chi connectivity index (χ1n) is 5.13. The molecule has 1 aliphatic carbocycles. The molecule has 0 aromatic heterocycles. The Bertz CT molecular complexity index is 196. The lowest BCUT2D eigenvalue weighted by Gasteiger charge is -2.36. The van der Waals surface area contributed by atoms with Gasteiger partial charge in [0.15, 0.2) is 0 Å². The number of ketones is 1. The van der Waals surface area contributed by atoms with Crippen LogP contribution in [-0.2, 0) is 4.79 Å². The molecule has 1 N–H and O–H groups in total. The van der Waals surface area contributed by atoms with Crippen molar-refractivity contribution in [3.05, 3.63) is 0 Å². The number of rotatable bonds is 2. The second kappa shape index (κ2) is 3.79. The molecule has 0 spiro atoms. The zero-order valence-electron chi connectivity index (χ0n) is 8.84. The zero-order chi connectivity index (χ0) is 10.1. The number of hydrogen-bond donors (Lipinski definition) is 1. The minimum absolute atomic E-state index is 0.183. The fourth-order valence-corrected chi connectivity index (χ4v) is 2.11. The van der Waals surface area contributed by atoms with Gasteiger partial charge < -0.3 is 5.11 Å². The van der Waals surface area contributed by atoms with Crippen LogP contribution in [-0.4, -0.2) is 17.0 Å². The second-order valence-electron chi connectivity index (χ2n) is 4.80. The molecule has 1 fully saturated rings. The number of carbonyl (C=O) groups is 1. The van der Waals surface area contributed by atoms with E-state index >= 15 is 0 Å². The molecule has 1 saturated carbocycles. The van der Waals surface area contributed by atoms with Crippen molar-refractivity contribution in [3.63, 3.8) is 0 Å². The van der Waals surface area contributed by atoms with Gasteiger partial charge in [0.1, 0.15) is 5.78 Å². The molecule has 0 unspecified atom stereocenters. The zero-order valence-corrected chi connectivity index (χ0v) is 8.84. The molecular weight excluding hydrogens is 164 g/mol. The third-order valence-corrected chi connectivity index (χ3v) is 3.57. The molecule has 2 atom stereocenters. The van der Waals surface area contributed by atoms with Gasteiger partial charge in [-0.25, -0.2) is 0 Å². The van der Waals surface area contributed by atoms with Crippen molar-refractivity contribution in [2.45, 2.75) is 52.6 Å². The Morgan fingerprint density at radius 1 is 1.38 bits per heavy atom. The second-order valence-corrected chi connectivity index (χ2v) is 4.80. The van der Waals surface area contributed by atoms with E-state index in [2.05, 4.69) is 0 Å². The van der Waals surface area contributed by atoms with Crippen LogP contribution in [0.15, 0.2) is 0 Å². The van der Waals surface area contributed by atoms with Gasteiger partial charge in [-0.05, 0) is 32.1 Å². The maximum atomic E-state index is 11.4. The van der Waals surface area contributed by atoms with Crippen LogP contribution in [0.2, 0.25) is 0 Å². The van der Waals surface area contributed by atoms with Crippen molar-refractivity contribution in [1.82, 2.24) is 0 Å². The summed E-state index contributed by atoms with van der Waals surface area (Å²) in [5.41, 5.74) is -0.249. The molecule has 0 aromatic rings. The molecule has 2 nitrogen and oxygen atoms in total. The molecule has 1 aliphatic rings. The Labute approximate surface area is 80.3 Å². The summed E-state index contributed by atoms with van der Waals surface area (Å²) in [6.07, 6.45) is 3.67. The van der Waals surface area contributed by atoms with E-state index < -0.39 is 0 Å². The number of Topliss-reactive ketones (excluding diaryl/α,β-unsaturated/α-hetero) is 1. The van der Waals surface area contributed by atoms with E-state index in [9.17, 15) is 9.90 Å². The number of aliphatic hydroxyl groups excluding tert-OH is 1. The van der Waals surface area contributed by atoms with Crippen molar-refractivity contribution < 1.29 is 9.90 Å². The van der Waals surface area contributed by atoms with Crippen LogP contribution < -0.4 is 0 Å². The van der Waals surface area contributed by atoms with E-state index in [1.807, 2.05) is 13.8 Å². The first-order valence-corrected chi connectivity index (χ1v) is 5.13. The summed E-state index contributed by atoms with van der Waals surface area (Å²) < 4.78 is 0. The molecule has 13 heavy (non-hydrogen) atoms. The highest BCUT2D eigenvalue weighted by Crippen LogP contribution is 2.38. The van der Waals surface area contributed by atoms with Gasteiger partial charge in [-0.3, -0.25) is 4.79 Å². The normalized spacial score (nSPS) is 30.2. The highest BCUT2D eigenvalue weighted by molar-refractivity contribution is 5.81. The smallest absolute Gasteiger partial charge is 0.135 e. The molecule has 0 heterocycles. The van der Waals surface area contributed by atoms with Gasteiger partial charge in [0.2, 0.25) is 0 Å². The average molecular weight is 184 g/mol. The largest absolute Gasteiger partial charge is 0.393 e. The third-order valence-electron chi connectivity index (χ3n) is 3.57. The van der Waals surface area contributed by atoms with E-state index in [1.165, 1.54) is 0 Å². The van der Waals surface area contributed by atoms with Gasteiger partial charge in [0.25, 0.3) is 0 Å². The first kappa shape index (κ1) is 10.7. The molecule has 0 radical (unpaired) electrons. The Balaban J connectivity index is 2.64.